The van der Waals surface area contributed by atoms with Gasteiger partial charge in [0.2, 0.25) is 0 Å². The highest BCUT2D eigenvalue weighted by Crippen LogP contribution is 2.31. The monoisotopic (exact) mass is 496 g/mol. The summed E-state index contributed by atoms with van der Waals surface area (Å²) < 4.78 is 24.7. The Morgan fingerprint density at radius 2 is 1.41 bits per heavy atom. The van der Waals surface area contributed by atoms with E-state index in [1.54, 1.807) is 7.11 Å². The number of benzene rings is 2. The lowest BCUT2D eigenvalue weighted by Gasteiger charge is -2.24. The summed E-state index contributed by atoms with van der Waals surface area (Å²) >= 11 is 6.81. The van der Waals surface area contributed by atoms with Crippen LogP contribution in [0.5, 0.6) is 0 Å². The van der Waals surface area contributed by atoms with Crippen molar-refractivity contribution in [2.75, 3.05) is 7.11 Å². The van der Waals surface area contributed by atoms with Gasteiger partial charge in [-0.15, -0.1) is 0 Å². The van der Waals surface area contributed by atoms with E-state index in [0.29, 0.717) is 13.2 Å². The minimum absolute atomic E-state index is 0.298. The molecule has 144 valence electrons. The van der Waals surface area contributed by atoms with Crippen LogP contribution in [0, 0.1) is 0 Å². The Kier molecular flexibility index (Phi) is 8.06. The van der Waals surface area contributed by atoms with Crippen molar-refractivity contribution in [3.8, 4) is 0 Å². The Hall–Kier alpha value is -1.02. The lowest BCUT2D eigenvalue weighted by atomic mass is 10.1. The van der Waals surface area contributed by atoms with E-state index < -0.39 is 6.29 Å². The Morgan fingerprint density at radius 1 is 0.889 bits per heavy atom. The summed E-state index contributed by atoms with van der Waals surface area (Å²) in [7, 11) is 1.62. The molecule has 0 spiro atoms. The Balaban J connectivity index is 1.73. The summed E-state index contributed by atoms with van der Waals surface area (Å²) in [5, 5.41) is 0. The normalized spacial score (nSPS) is 24.7. The molecule has 0 radical (unpaired) electrons. The minimum Gasteiger partial charge on any atom is -0.368 e. The summed E-state index contributed by atoms with van der Waals surface area (Å²) in [5.41, 5.74) is 2.19. The Labute approximate surface area is 176 Å². The van der Waals surface area contributed by atoms with Gasteiger partial charge in [0.05, 0.1) is 16.6 Å². The molecule has 0 aliphatic carbocycles. The van der Waals surface area contributed by atoms with E-state index in [1.807, 2.05) is 66.7 Å². The molecule has 0 bridgehead atoms. The number of ether oxygens (including phenoxy) is 4. The summed E-state index contributed by atoms with van der Waals surface area (Å²) in [6.07, 6.45) is 0.458. The van der Waals surface area contributed by atoms with E-state index in [2.05, 4.69) is 31.9 Å². The van der Waals surface area contributed by atoms with Crippen molar-refractivity contribution in [1.29, 1.82) is 0 Å². The van der Waals surface area contributed by atoms with Crippen LogP contribution in [0.2, 0.25) is 0 Å². The van der Waals surface area contributed by atoms with Crippen molar-refractivity contribution in [3.05, 3.63) is 81.3 Å². The smallest absolute Gasteiger partial charge is 0.186 e. The van der Waals surface area contributed by atoms with Crippen molar-refractivity contribution in [2.24, 2.45) is 0 Å². The molecule has 1 aliphatic heterocycles. The second kappa shape index (κ2) is 10.5. The van der Waals surface area contributed by atoms with Gasteiger partial charge in [-0.3, -0.25) is 0 Å². The van der Waals surface area contributed by atoms with E-state index in [1.165, 1.54) is 0 Å². The third-order valence-corrected chi connectivity index (χ3v) is 4.83. The third-order valence-electron chi connectivity index (χ3n) is 4.30. The first-order chi connectivity index (χ1) is 13.2. The lowest BCUT2D eigenvalue weighted by Crippen LogP contribution is -2.37. The van der Waals surface area contributed by atoms with Gasteiger partial charge in [0.25, 0.3) is 0 Å². The van der Waals surface area contributed by atoms with Gasteiger partial charge in [-0.2, -0.15) is 0 Å². The van der Waals surface area contributed by atoms with Gasteiger partial charge in [0.15, 0.2) is 6.29 Å². The molecule has 0 unspecified atom stereocenters. The fourth-order valence-corrected chi connectivity index (χ4v) is 3.52. The molecule has 2 aromatic rings. The molecule has 0 amide bonds. The Bertz CT molecular complexity index is 719. The molecule has 1 fully saturated rings. The number of halogens is 2. The summed E-state index contributed by atoms with van der Waals surface area (Å²) in [5.74, 6) is 0. The first kappa shape index (κ1) is 20.7. The molecular formula is C21H22Br2O4. The maximum atomic E-state index is 6.22. The highest BCUT2D eigenvalue weighted by molar-refractivity contribution is 9.28. The largest absolute Gasteiger partial charge is 0.368 e. The molecule has 0 N–H and O–H groups in total. The molecule has 0 aromatic heterocycles. The predicted molar refractivity (Wildman–Crippen MR) is 112 cm³/mol. The van der Waals surface area contributed by atoms with E-state index >= 15 is 0 Å². The molecule has 6 heteroatoms. The van der Waals surface area contributed by atoms with Crippen LogP contribution in [0.4, 0.5) is 0 Å². The molecule has 1 saturated heterocycles. The summed E-state index contributed by atoms with van der Waals surface area (Å²) in [6.45, 7) is 0.937. The molecule has 1 heterocycles. The van der Waals surface area contributed by atoms with Gasteiger partial charge in [-0.1, -0.05) is 60.7 Å². The second-order valence-corrected chi connectivity index (χ2v) is 8.96. The van der Waals surface area contributed by atoms with E-state index in [9.17, 15) is 0 Å². The predicted octanol–water partition coefficient (Wildman–Crippen LogP) is 5.16. The molecule has 0 saturated carbocycles. The van der Waals surface area contributed by atoms with E-state index in [-0.39, 0.29) is 18.3 Å². The fourth-order valence-electron chi connectivity index (χ4n) is 3.00. The van der Waals surface area contributed by atoms with Crippen LogP contribution in [-0.4, -0.2) is 31.7 Å². The first-order valence-electron chi connectivity index (χ1n) is 8.69. The second-order valence-electron chi connectivity index (χ2n) is 6.18. The van der Waals surface area contributed by atoms with Crippen LogP contribution in [-0.2, 0) is 32.2 Å². The zero-order valence-electron chi connectivity index (χ0n) is 15.0. The number of hydrogen-bond acceptors (Lipinski definition) is 4. The van der Waals surface area contributed by atoms with Crippen LogP contribution in [0.3, 0.4) is 0 Å². The first-order valence-corrected chi connectivity index (χ1v) is 10.3. The van der Waals surface area contributed by atoms with Crippen LogP contribution in [0.25, 0.3) is 0 Å². The zero-order valence-corrected chi connectivity index (χ0v) is 18.1. The molecular weight excluding hydrogens is 476 g/mol. The SMILES string of the molecule is CO[C@H]1O[C@H](C=C(Br)Br)[C@@H](OCc2ccccc2)[C@@H]1OCc1ccccc1. The molecule has 1 aliphatic rings. The molecule has 4 nitrogen and oxygen atoms in total. The number of rotatable bonds is 8. The van der Waals surface area contributed by atoms with Gasteiger partial charge in [0.1, 0.15) is 18.3 Å². The summed E-state index contributed by atoms with van der Waals surface area (Å²) in [6, 6.07) is 20.1. The van der Waals surface area contributed by atoms with Crippen molar-refractivity contribution >= 4 is 31.9 Å². The fraction of sp³-hybridized carbons (Fsp3) is 0.333. The average Bonchev–Trinajstić information content (AvgIpc) is 3.02. The van der Waals surface area contributed by atoms with Crippen molar-refractivity contribution in [2.45, 2.75) is 37.8 Å². The molecule has 2 aromatic carbocycles. The zero-order chi connectivity index (χ0) is 19.1. The van der Waals surface area contributed by atoms with Gasteiger partial charge in [0, 0.05) is 7.11 Å². The van der Waals surface area contributed by atoms with E-state index in [0.717, 1.165) is 14.5 Å². The molecule has 27 heavy (non-hydrogen) atoms. The topological polar surface area (TPSA) is 36.9 Å². The molecule has 3 rings (SSSR count). The van der Waals surface area contributed by atoms with E-state index in [4.69, 9.17) is 18.9 Å². The maximum Gasteiger partial charge on any atom is 0.186 e. The van der Waals surface area contributed by atoms with Gasteiger partial charge in [-0.25, -0.2) is 0 Å². The number of methoxy groups -OCH3 is 1. The van der Waals surface area contributed by atoms with Crippen LogP contribution < -0.4 is 0 Å². The standard InChI is InChI=1S/C21H22Br2O4/c1-24-21-20(26-14-16-10-6-3-7-11-16)19(17(27-21)12-18(22)23)25-13-15-8-4-2-5-9-15/h2-12,17,19-21H,13-14H2,1H3/t17-,19-,20+,21+/m1/s1. The van der Waals surface area contributed by atoms with Gasteiger partial charge < -0.3 is 18.9 Å². The van der Waals surface area contributed by atoms with Crippen molar-refractivity contribution in [3.63, 3.8) is 0 Å². The minimum atomic E-state index is -0.505. The maximum absolute atomic E-state index is 6.22. The van der Waals surface area contributed by atoms with Gasteiger partial charge in [-0.05, 0) is 49.1 Å². The van der Waals surface area contributed by atoms with Crippen LogP contribution >= 0.6 is 31.9 Å². The van der Waals surface area contributed by atoms with Crippen LogP contribution in [0.1, 0.15) is 11.1 Å². The lowest BCUT2D eigenvalue weighted by molar-refractivity contribution is -0.164. The van der Waals surface area contributed by atoms with Gasteiger partial charge >= 0.3 is 0 Å². The third kappa shape index (κ3) is 5.98. The van der Waals surface area contributed by atoms with Crippen LogP contribution in [0.15, 0.2) is 70.1 Å². The number of hydrogen-bond donors (Lipinski definition) is 0. The quantitative estimate of drug-likeness (QED) is 0.504. The van der Waals surface area contributed by atoms with Crippen molar-refractivity contribution < 1.29 is 18.9 Å². The highest BCUT2D eigenvalue weighted by atomic mass is 79.9. The van der Waals surface area contributed by atoms with Crippen molar-refractivity contribution in [1.82, 2.24) is 0 Å². The summed E-state index contributed by atoms with van der Waals surface area (Å²) in [4.78, 5) is 0. The molecule has 4 atom stereocenters. The highest BCUT2D eigenvalue weighted by Gasteiger charge is 2.46. The Morgan fingerprint density at radius 3 is 1.89 bits per heavy atom. The average molecular weight is 498 g/mol.